The highest BCUT2D eigenvalue weighted by atomic mass is 32.2. The molecule has 3 rings (SSSR count). The number of sulfone groups is 1. The van der Waals surface area contributed by atoms with Crippen LogP contribution in [0.2, 0.25) is 0 Å². The molecule has 1 aliphatic heterocycles. The predicted molar refractivity (Wildman–Crippen MR) is 94.1 cm³/mol. The number of nitrogens with one attached hydrogen (secondary N) is 1. The van der Waals surface area contributed by atoms with E-state index in [1.165, 1.54) is 11.8 Å². The zero-order chi connectivity index (χ0) is 17.0. The summed E-state index contributed by atoms with van der Waals surface area (Å²) >= 11 is 0. The Bertz CT molecular complexity index is 811. The number of ether oxygens (including phenoxy) is 1. The molecule has 0 fully saturated rings. The lowest BCUT2D eigenvalue weighted by Crippen LogP contribution is -2.26. The second-order valence-corrected chi connectivity index (χ2v) is 7.98. The normalized spacial score (nSPS) is 17.4. The van der Waals surface area contributed by atoms with Crippen molar-refractivity contribution in [3.8, 4) is 0 Å². The largest absolute Gasteiger partial charge is 0.495 e. The van der Waals surface area contributed by atoms with E-state index in [2.05, 4.69) is 5.32 Å². The summed E-state index contributed by atoms with van der Waals surface area (Å²) in [5, 5.41) is 3.31. The van der Waals surface area contributed by atoms with Crippen molar-refractivity contribution < 1.29 is 13.2 Å². The molecule has 0 radical (unpaired) electrons. The van der Waals surface area contributed by atoms with Crippen LogP contribution in [-0.2, 0) is 21.1 Å². The van der Waals surface area contributed by atoms with Gasteiger partial charge in [-0.05, 0) is 24.6 Å². The average Bonchev–Trinajstić information content (AvgIpc) is 3.06. The van der Waals surface area contributed by atoms with Gasteiger partial charge in [-0.2, -0.15) is 0 Å². The number of benzene rings is 2. The Hall–Kier alpha value is -2.11. The molecule has 0 saturated carbocycles. The summed E-state index contributed by atoms with van der Waals surface area (Å²) < 4.78 is 30.8. The maximum atomic E-state index is 12.6. The van der Waals surface area contributed by atoms with Gasteiger partial charge in [-0.15, -0.1) is 0 Å². The van der Waals surface area contributed by atoms with E-state index in [4.69, 9.17) is 4.74 Å². The summed E-state index contributed by atoms with van der Waals surface area (Å²) in [6.45, 7) is 3.28. The molecule has 1 aliphatic rings. The van der Waals surface area contributed by atoms with Crippen molar-refractivity contribution in [2.45, 2.75) is 30.9 Å². The summed E-state index contributed by atoms with van der Waals surface area (Å²) in [6, 6.07) is 17.0. The van der Waals surface area contributed by atoms with Crippen LogP contribution in [0.5, 0.6) is 0 Å². The van der Waals surface area contributed by atoms with Crippen LogP contribution < -0.4 is 5.32 Å². The molecule has 1 N–H and O–H groups in total. The monoisotopic (exact) mass is 343 g/mol. The van der Waals surface area contributed by atoms with Crippen LogP contribution in [0.15, 0.2) is 70.7 Å². The van der Waals surface area contributed by atoms with Crippen LogP contribution in [0.1, 0.15) is 17.5 Å². The van der Waals surface area contributed by atoms with Gasteiger partial charge in [0.15, 0.2) is 0 Å². The van der Waals surface area contributed by atoms with E-state index in [-0.39, 0.29) is 6.10 Å². The smallest absolute Gasteiger partial charge is 0.205 e. The van der Waals surface area contributed by atoms with E-state index >= 15 is 0 Å². The Morgan fingerprint density at radius 1 is 1.08 bits per heavy atom. The molecule has 0 spiro atoms. The first-order valence-corrected chi connectivity index (χ1v) is 9.45. The lowest BCUT2D eigenvalue weighted by molar-refractivity contribution is 0.167. The van der Waals surface area contributed by atoms with Crippen LogP contribution in [0.3, 0.4) is 0 Å². The second kappa shape index (κ2) is 7.20. The molecular formula is C19H21NO3S. The molecule has 5 heteroatoms. The van der Waals surface area contributed by atoms with Crippen LogP contribution >= 0.6 is 0 Å². The van der Waals surface area contributed by atoms with Crippen molar-refractivity contribution in [2.75, 3.05) is 6.54 Å². The molecule has 1 unspecified atom stereocenters. The standard InChI is InChI=1S/C19H21NO3S/c1-15-7-9-18(10-8-15)24(21,22)19-11-17(23-14-19)13-20-12-16-5-3-2-4-6-16/h2-10,14,17,20H,11-13H2,1H3. The van der Waals surface area contributed by atoms with E-state index in [9.17, 15) is 8.42 Å². The van der Waals surface area contributed by atoms with Crippen LogP contribution in [0.25, 0.3) is 0 Å². The first-order chi connectivity index (χ1) is 11.6. The topological polar surface area (TPSA) is 55.4 Å². The molecule has 1 heterocycles. The van der Waals surface area contributed by atoms with Gasteiger partial charge in [0, 0.05) is 19.5 Å². The quantitative estimate of drug-likeness (QED) is 0.875. The van der Waals surface area contributed by atoms with Gasteiger partial charge >= 0.3 is 0 Å². The van der Waals surface area contributed by atoms with Crippen molar-refractivity contribution in [1.82, 2.24) is 5.32 Å². The lowest BCUT2D eigenvalue weighted by atomic mass is 10.2. The Labute approximate surface area is 143 Å². The highest BCUT2D eigenvalue weighted by Gasteiger charge is 2.29. The average molecular weight is 343 g/mol. The highest BCUT2D eigenvalue weighted by molar-refractivity contribution is 7.95. The maximum Gasteiger partial charge on any atom is 0.205 e. The molecule has 0 amide bonds. The number of aryl methyl sites for hydroxylation is 1. The number of rotatable bonds is 6. The van der Waals surface area contributed by atoms with Gasteiger partial charge in [-0.3, -0.25) is 0 Å². The molecule has 2 aromatic rings. The van der Waals surface area contributed by atoms with E-state index in [1.807, 2.05) is 49.4 Å². The van der Waals surface area contributed by atoms with Crippen molar-refractivity contribution in [3.05, 3.63) is 76.9 Å². The Morgan fingerprint density at radius 2 is 1.79 bits per heavy atom. The highest BCUT2D eigenvalue weighted by Crippen LogP contribution is 2.28. The van der Waals surface area contributed by atoms with Gasteiger partial charge in [0.05, 0.1) is 16.1 Å². The lowest BCUT2D eigenvalue weighted by Gasteiger charge is -2.12. The third-order valence-electron chi connectivity index (χ3n) is 4.04. The Balaban J connectivity index is 1.55. The van der Waals surface area contributed by atoms with Crippen molar-refractivity contribution in [3.63, 3.8) is 0 Å². The van der Waals surface area contributed by atoms with E-state index in [0.29, 0.717) is 22.8 Å². The van der Waals surface area contributed by atoms with Crippen molar-refractivity contribution >= 4 is 9.84 Å². The van der Waals surface area contributed by atoms with Crippen LogP contribution in [-0.4, -0.2) is 21.1 Å². The minimum Gasteiger partial charge on any atom is -0.495 e. The summed E-state index contributed by atoms with van der Waals surface area (Å²) in [6.07, 6.45) is 1.64. The molecule has 0 aromatic heterocycles. The number of hydrogen-bond acceptors (Lipinski definition) is 4. The van der Waals surface area contributed by atoms with Gasteiger partial charge in [0.1, 0.15) is 6.10 Å². The predicted octanol–water partition coefficient (Wildman–Crippen LogP) is 3.19. The molecule has 0 saturated heterocycles. The van der Waals surface area contributed by atoms with Crippen molar-refractivity contribution in [2.24, 2.45) is 0 Å². The minimum atomic E-state index is -3.46. The third-order valence-corrected chi connectivity index (χ3v) is 5.89. The third kappa shape index (κ3) is 3.86. The molecule has 4 nitrogen and oxygen atoms in total. The maximum absolute atomic E-state index is 12.6. The first kappa shape index (κ1) is 16.7. The zero-order valence-electron chi connectivity index (χ0n) is 13.6. The van der Waals surface area contributed by atoms with E-state index < -0.39 is 9.84 Å². The molecule has 1 atom stereocenters. The number of hydrogen-bond donors (Lipinski definition) is 1. The summed E-state index contributed by atoms with van der Waals surface area (Å²) in [4.78, 5) is 0.665. The molecule has 2 aromatic carbocycles. The minimum absolute atomic E-state index is 0.149. The molecular weight excluding hydrogens is 322 g/mol. The van der Waals surface area contributed by atoms with Gasteiger partial charge in [0.2, 0.25) is 9.84 Å². The van der Waals surface area contributed by atoms with Crippen molar-refractivity contribution in [1.29, 1.82) is 0 Å². The summed E-state index contributed by atoms with van der Waals surface area (Å²) in [5.41, 5.74) is 2.23. The zero-order valence-corrected chi connectivity index (χ0v) is 14.4. The second-order valence-electron chi connectivity index (χ2n) is 5.98. The van der Waals surface area contributed by atoms with Gasteiger partial charge in [-0.25, -0.2) is 8.42 Å². The summed E-state index contributed by atoms with van der Waals surface area (Å²) in [5.74, 6) is 0. The van der Waals surface area contributed by atoms with Gasteiger partial charge < -0.3 is 10.1 Å². The summed E-state index contributed by atoms with van der Waals surface area (Å²) in [7, 11) is -3.46. The van der Waals surface area contributed by atoms with Crippen LogP contribution in [0.4, 0.5) is 0 Å². The fourth-order valence-corrected chi connectivity index (χ4v) is 4.01. The molecule has 0 aliphatic carbocycles. The Morgan fingerprint density at radius 3 is 2.50 bits per heavy atom. The molecule has 0 bridgehead atoms. The van der Waals surface area contributed by atoms with E-state index in [1.54, 1.807) is 12.1 Å². The fraction of sp³-hybridized carbons (Fsp3) is 0.263. The van der Waals surface area contributed by atoms with E-state index in [0.717, 1.165) is 12.1 Å². The van der Waals surface area contributed by atoms with Crippen LogP contribution in [0, 0.1) is 6.92 Å². The first-order valence-electron chi connectivity index (χ1n) is 7.96. The molecule has 126 valence electrons. The fourth-order valence-electron chi connectivity index (χ4n) is 2.63. The van der Waals surface area contributed by atoms with Gasteiger partial charge in [0.25, 0.3) is 0 Å². The van der Waals surface area contributed by atoms with Gasteiger partial charge in [-0.1, -0.05) is 48.0 Å². The Kier molecular flexibility index (Phi) is 5.02. The SMILES string of the molecule is Cc1ccc(S(=O)(=O)C2=COC(CNCc3ccccc3)C2)cc1. The molecule has 24 heavy (non-hydrogen) atoms.